The third-order valence-corrected chi connectivity index (χ3v) is 2.75. The number of carbonyl (C=O) groups is 2. The number of fused-ring (bicyclic) bond motifs is 1. The molecule has 0 bridgehead atoms. The molecule has 17 heavy (non-hydrogen) atoms. The van der Waals surface area contributed by atoms with Crippen LogP contribution in [0.5, 0.6) is 0 Å². The van der Waals surface area contributed by atoms with Gasteiger partial charge in [0.2, 0.25) is 0 Å². The summed E-state index contributed by atoms with van der Waals surface area (Å²) >= 11 is 1.62. The first kappa shape index (κ1) is 11.7. The van der Waals surface area contributed by atoms with Crippen molar-refractivity contribution >= 4 is 44.7 Å². The molecule has 0 heterocycles. The quantitative estimate of drug-likeness (QED) is 0.744. The number of hydrogen-bond acceptors (Lipinski definition) is 2. The van der Waals surface area contributed by atoms with Gasteiger partial charge in [0.25, 0.3) is 0 Å². The van der Waals surface area contributed by atoms with Crippen LogP contribution in [0.3, 0.4) is 0 Å². The van der Waals surface area contributed by atoms with Gasteiger partial charge in [-0.3, -0.25) is 0 Å². The first-order chi connectivity index (χ1) is 8.02. The van der Waals surface area contributed by atoms with Gasteiger partial charge in [-0.15, -0.1) is 0 Å². The Morgan fingerprint density at radius 2 is 1.71 bits per heavy atom. The minimum atomic E-state index is -1.23. The molecule has 2 aromatic carbocycles. The van der Waals surface area contributed by atoms with Crippen molar-refractivity contribution in [1.82, 2.24) is 0 Å². The second kappa shape index (κ2) is 4.25. The first-order valence-corrected chi connectivity index (χ1v) is 5.01. The second-order valence-electron chi connectivity index (χ2n) is 3.76. The van der Waals surface area contributed by atoms with Crippen molar-refractivity contribution in [3.05, 3.63) is 41.5 Å². The Morgan fingerprint density at radius 3 is 2.29 bits per heavy atom. The molecule has 0 aliphatic rings. The van der Waals surface area contributed by atoms with Gasteiger partial charge in [0, 0.05) is 0 Å². The van der Waals surface area contributed by atoms with E-state index in [-0.39, 0.29) is 11.1 Å². The molecular formula is C12H7LiO4. The molecule has 0 aliphatic carbocycles. The predicted octanol–water partition coefficient (Wildman–Crippen LogP) is 1.03. The van der Waals surface area contributed by atoms with E-state index in [2.05, 4.69) is 0 Å². The molecule has 0 radical (unpaired) electrons. The van der Waals surface area contributed by atoms with Gasteiger partial charge in [-0.2, -0.15) is 0 Å². The van der Waals surface area contributed by atoms with Crippen molar-refractivity contribution in [3.8, 4) is 0 Å². The molecule has 0 unspecified atom stereocenters. The van der Waals surface area contributed by atoms with Crippen LogP contribution in [0.25, 0.3) is 10.8 Å². The zero-order chi connectivity index (χ0) is 12.6. The van der Waals surface area contributed by atoms with Gasteiger partial charge in [-0.25, -0.2) is 0 Å². The summed E-state index contributed by atoms with van der Waals surface area (Å²) in [5.74, 6) is -2.44. The number of carboxylic acids is 2. The third-order valence-electron chi connectivity index (χ3n) is 2.75. The molecule has 80 valence electrons. The molecular weight excluding hydrogens is 215 g/mol. The van der Waals surface area contributed by atoms with Crippen LogP contribution in [0.2, 0.25) is 0 Å². The summed E-state index contributed by atoms with van der Waals surface area (Å²) in [7, 11) is 0. The van der Waals surface area contributed by atoms with Gasteiger partial charge < -0.3 is 0 Å². The summed E-state index contributed by atoms with van der Waals surface area (Å²) in [5.41, 5.74) is -0.315. The Morgan fingerprint density at radius 1 is 1.06 bits per heavy atom. The maximum absolute atomic E-state index is 11.1. The van der Waals surface area contributed by atoms with Gasteiger partial charge in [0.05, 0.1) is 0 Å². The minimum absolute atomic E-state index is 0.142. The summed E-state index contributed by atoms with van der Waals surface area (Å²) < 4.78 is 0.480. The fourth-order valence-corrected chi connectivity index (χ4v) is 1.97. The third kappa shape index (κ3) is 1.93. The summed E-state index contributed by atoms with van der Waals surface area (Å²) in [6.07, 6.45) is 0. The van der Waals surface area contributed by atoms with Crippen molar-refractivity contribution in [2.45, 2.75) is 0 Å². The van der Waals surface area contributed by atoms with Crippen molar-refractivity contribution < 1.29 is 19.8 Å². The van der Waals surface area contributed by atoms with Gasteiger partial charge in [0.1, 0.15) is 0 Å². The fraction of sp³-hybridized carbons (Fsp3) is 0. The van der Waals surface area contributed by atoms with E-state index in [1.807, 2.05) is 0 Å². The van der Waals surface area contributed by atoms with Gasteiger partial charge in [-0.1, -0.05) is 0 Å². The summed E-state index contributed by atoms with van der Waals surface area (Å²) in [6, 6.07) is 8.52. The molecule has 2 N–H and O–H groups in total. The van der Waals surface area contributed by atoms with Crippen molar-refractivity contribution in [2.75, 3.05) is 0 Å². The molecule has 0 aliphatic heterocycles. The summed E-state index contributed by atoms with van der Waals surface area (Å²) in [4.78, 5) is 22.2. The Bertz CT molecular complexity index is 634. The van der Waals surface area contributed by atoms with E-state index in [4.69, 9.17) is 10.2 Å². The Hall–Kier alpha value is -1.76. The summed E-state index contributed by atoms with van der Waals surface area (Å²) in [5, 5.41) is 19.6. The van der Waals surface area contributed by atoms with Gasteiger partial charge in [0.15, 0.2) is 0 Å². The van der Waals surface area contributed by atoms with Crippen molar-refractivity contribution in [2.24, 2.45) is 0 Å². The van der Waals surface area contributed by atoms with Crippen LogP contribution in [-0.2, 0) is 0 Å². The zero-order valence-electron chi connectivity index (χ0n) is 9.10. The molecule has 2 rings (SSSR count). The van der Waals surface area contributed by atoms with Crippen LogP contribution in [0.1, 0.15) is 20.7 Å². The normalized spacial score (nSPS) is 10.5. The second-order valence-corrected chi connectivity index (χ2v) is 3.76. The zero-order valence-corrected chi connectivity index (χ0v) is 9.10. The van der Waals surface area contributed by atoms with Crippen LogP contribution in [0.15, 0.2) is 30.3 Å². The number of carboxylic acid groups (broad SMARTS) is 2. The van der Waals surface area contributed by atoms with Crippen LogP contribution < -0.4 is 4.24 Å². The van der Waals surface area contributed by atoms with Gasteiger partial charge in [-0.05, 0) is 0 Å². The van der Waals surface area contributed by atoms with E-state index in [9.17, 15) is 9.59 Å². The van der Waals surface area contributed by atoms with Crippen LogP contribution in [0.4, 0.5) is 0 Å². The van der Waals surface area contributed by atoms with Gasteiger partial charge >= 0.3 is 106 Å². The molecule has 0 saturated carbocycles. The Balaban J connectivity index is 2.94. The van der Waals surface area contributed by atoms with E-state index < -0.39 is 11.9 Å². The molecule has 0 saturated heterocycles. The average Bonchev–Trinajstić information content (AvgIpc) is 2.28. The van der Waals surface area contributed by atoms with E-state index >= 15 is 0 Å². The number of rotatable bonds is 2. The standard InChI is InChI=1S/C12H7O4.Li/c13-11(14)9-5-7-3-1-2-4-8(7)6-10(9)12(15)16;/h1-5H,(H,13,14)(H,15,16);. The van der Waals surface area contributed by atoms with E-state index in [0.717, 1.165) is 10.8 Å². The molecule has 5 heteroatoms. The topological polar surface area (TPSA) is 74.6 Å². The van der Waals surface area contributed by atoms with Crippen molar-refractivity contribution in [1.29, 1.82) is 0 Å². The van der Waals surface area contributed by atoms with E-state index in [0.29, 0.717) is 4.24 Å². The number of aromatic carboxylic acids is 2. The maximum atomic E-state index is 11.1. The fourth-order valence-electron chi connectivity index (χ4n) is 1.97. The predicted molar refractivity (Wildman–Crippen MR) is 63.3 cm³/mol. The van der Waals surface area contributed by atoms with E-state index in [1.54, 1.807) is 42.0 Å². The first-order valence-electron chi connectivity index (χ1n) is 5.01. The monoisotopic (exact) mass is 222 g/mol. The number of hydrogen-bond donors (Lipinski definition) is 2. The number of benzene rings is 2. The molecule has 0 fully saturated rings. The molecule has 0 atom stereocenters. The van der Waals surface area contributed by atoms with Crippen LogP contribution >= 0.6 is 0 Å². The molecule has 0 amide bonds. The average molecular weight is 222 g/mol. The molecule has 0 spiro atoms. The molecule has 0 aromatic heterocycles. The Kier molecular flexibility index (Phi) is 2.93. The SMILES string of the molecule is [Li][c]1c(C(=O)O)c(C(=O)O)cc2ccccc12. The van der Waals surface area contributed by atoms with Crippen LogP contribution in [-0.4, -0.2) is 39.9 Å². The summed E-state index contributed by atoms with van der Waals surface area (Å²) in [6.45, 7) is 0. The molecule has 2 aromatic rings. The van der Waals surface area contributed by atoms with E-state index in [1.165, 1.54) is 6.07 Å². The van der Waals surface area contributed by atoms with Crippen LogP contribution in [0, 0.1) is 0 Å². The molecule has 4 nitrogen and oxygen atoms in total. The Labute approximate surface area is 106 Å². The van der Waals surface area contributed by atoms with Crippen molar-refractivity contribution in [3.63, 3.8) is 0 Å².